The SMILES string of the molecule is O=C(NC1CCC(CN2C(=O)C3(CN(C(=O)c4ccon4)C3)c3ccc(F)cc32)CC1)c1cc(Cl)cnc1C(F)F. The maximum atomic E-state index is 14.3. The van der Waals surface area contributed by atoms with Gasteiger partial charge in [0, 0.05) is 37.9 Å². The highest BCUT2D eigenvalue weighted by molar-refractivity contribution is 6.30. The van der Waals surface area contributed by atoms with Crippen molar-refractivity contribution >= 4 is 35.0 Å². The van der Waals surface area contributed by atoms with E-state index in [1.165, 1.54) is 35.4 Å². The third-order valence-corrected chi connectivity index (χ3v) is 8.45. The number of rotatable bonds is 6. The lowest BCUT2D eigenvalue weighted by Crippen LogP contribution is -2.65. The van der Waals surface area contributed by atoms with Gasteiger partial charge in [0.25, 0.3) is 18.2 Å². The second-order valence-electron chi connectivity index (χ2n) is 10.8. The monoisotopic (exact) mass is 587 g/mol. The standard InChI is InChI=1S/C28H25ClF3N5O4/c29-16-9-19(23(24(31)32)33-11-16)25(38)34-18-4-1-15(2-5-18)12-37-22-10-17(30)3-6-20(22)28(27(37)40)13-36(14-28)26(39)21-7-8-41-35-21/h3,6-11,15,18,24H,1-2,4-5,12-14H2,(H,34,38). The van der Waals surface area contributed by atoms with E-state index >= 15 is 0 Å². The Bertz CT molecular complexity index is 1500. The number of fused-ring (bicyclic) bond motifs is 2. The highest BCUT2D eigenvalue weighted by Crippen LogP contribution is 2.48. The minimum Gasteiger partial charge on any atom is -0.364 e. The van der Waals surface area contributed by atoms with Crippen LogP contribution in [0.4, 0.5) is 18.9 Å². The van der Waals surface area contributed by atoms with Crippen molar-refractivity contribution in [2.24, 2.45) is 5.92 Å². The number of nitrogens with zero attached hydrogens (tertiary/aromatic N) is 4. The number of hydrogen-bond acceptors (Lipinski definition) is 6. The zero-order valence-electron chi connectivity index (χ0n) is 21.7. The van der Waals surface area contributed by atoms with Crippen molar-refractivity contribution in [3.05, 3.63) is 76.1 Å². The second-order valence-corrected chi connectivity index (χ2v) is 11.2. The van der Waals surface area contributed by atoms with E-state index in [0.717, 1.165) is 6.20 Å². The summed E-state index contributed by atoms with van der Waals surface area (Å²) in [5.74, 6) is -1.55. The van der Waals surface area contributed by atoms with Gasteiger partial charge < -0.3 is 19.6 Å². The van der Waals surface area contributed by atoms with Crippen molar-refractivity contribution in [3.63, 3.8) is 0 Å². The van der Waals surface area contributed by atoms with Crippen LogP contribution in [0.5, 0.6) is 0 Å². The molecule has 0 radical (unpaired) electrons. The van der Waals surface area contributed by atoms with Crippen LogP contribution >= 0.6 is 11.6 Å². The van der Waals surface area contributed by atoms with Gasteiger partial charge in [0.05, 0.1) is 16.3 Å². The van der Waals surface area contributed by atoms with E-state index < -0.39 is 29.3 Å². The van der Waals surface area contributed by atoms with Gasteiger partial charge in [-0.3, -0.25) is 19.4 Å². The smallest absolute Gasteiger partial charge is 0.281 e. The normalized spacial score (nSPS) is 21.2. The fourth-order valence-corrected chi connectivity index (χ4v) is 6.31. The summed E-state index contributed by atoms with van der Waals surface area (Å²) in [5.41, 5.74) is -0.461. The molecule has 41 heavy (non-hydrogen) atoms. The van der Waals surface area contributed by atoms with Crippen molar-refractivity contribution in [2.45, 2.75) is 43.6 Å². The Morgan fingerprint density at radius 3 is 2.59 bits per heavy atom. The van der Waals surface area contributed by atoms with Crippen molar-refractivity contribution in [1.29, 1.82) is 0 Å². The zero-order chi connectivity index (χ0) is 28.9. The number of carbonyl (C=O) groups excluding carboxylic acids is 3. The number of nitrogens with one attached hydrogen (secondary N) is 1. The van der Waals surface area contributed by atoms with Gasteiger partial charge >= 0.3 is 0 Å². The van der Waals surface area contributed by atoms with Gasteiger partial charge in [0.1, 0.15) is 23.2 Å². The number of aromatic nitrogens is 2. The fourth-order valence-electron chi connectivity index (χ4n) is 6.15. The minimum absolute atomic E-state index is 0.0794. The zero-order valence-corrected chi connectivity index (χ0v) is 22.4. The van der Waals surface area contributed by atoms with Crippen LogP contribution in [0.2, 0.25) is 5.02 Å². The first-order valence-electron chi connectivity index (χ1n) is 13.2. The molecular weight excluding hydrogens is 563 g/mol. The first-order valence-corrected chi connectivity index (χ1v) is 13.6. The molecule has 0 unspecified atom stereocenters. The molecule has 1 spiro atoms. The molecule has 13 heteroatoms. The summed E-state index contributed by atoms with van der Waals surface area (Å²) in [7, 11) is 0. The van der Waals surface area contributed by atoms with E-state index in [1.54, 1.807) is 11.0 Å². The van der Waals surface area contributed by atoms with E-state index in [9.17, 15) is 27.6 Å². The van der Waals surface area contributed by atoms with E-state index in [4.69, 9.17) is 16.1 Å². The van der Waals surface area contributed by atoms with Crippen molar-refractivity contribution in [2.75, 3.05) is 24.5 Å². The van der Waals surface area contributed by atoms with Crippen LogP contribution in [-0.2, 0) is 10.2 Å². The highest BCUT2D eigenvalue weighted by atomic mass is 35.5. The molecule has 3 aliphatic rings. The molecule has 1 aromatic carbocycles. The first-order chi connectivity index (χ1) is 19.7. The molecule has 1 aliphatic carbocycles. The lowest BCUT2D eigenvalue weighted by molar-refractivity contribution is -0.128. The predicted octanol–water partition coefficient (Wildman–Crippen LogP) is 4.53. The minimum atomic E-state index is -2.92. The topological polar surface area (TPSA) is 109 Å². The van der Waals surface area contributed by atoms with Gasteiger partial charge in [-0.2, -0.15) is 0 Å². The molecule has 2 fully saturated rings. The molecule has 3 aromatic rings. The molecule has 3 amide bonds. The Kier molecular flexibility index (Phi) is 6.96. The molecule has 6 rings (SSSR count). The number of likely N-dealkylation sites (tertiary alicyclic amines) is 1. The Balaban J connectivity index is 1.11. The maximum absolute atomic E-state index is 14.3. The van der Waals surface area contributed by atoms with Gasteiger partial charge in [-0.25, -0.2) is 13.2 Å². The number of anilines is 1. The molecular formula is C28H25ClF3N5O4. The van der Waals surface area contributed by atoms with E-state index in [-0.39, 0.29) is 53.1 Å². The average Bonchev–Trinajstić information content (AvgIpc) is 3.54. The van der Waals surface area contributed by atoms with Crippen LogP contribution in [0, 0.1) is 11.7 Å². The molecule has 1 N–H and O–H groups in total. The Labute approximate surface area is 237 Å². The molecule has 4 heterocycles. The summed E-state index contributed by atoms with van der Waals surface area (Å²) >= 11 is 5.88. The summed E-state index contributed by atoms with van der Waals surface area (Å²) in [6, 6.07) is 6.70. The first kappa shape index (κ1) is 27.3. The molecule has 0 atom stereocenters. The molecule has 2 aliphatic heterocycles. The van der Waals surface area contributed by atoms with Gasteiger partial charge in [0.2, 0.25) is 5.91 Å². The van der Waals surface area contributed by atoms with E-state index in [0.29, 0.717) is 43.5 Å². The Morgan fingerprint density at radius 1 is 1.15 bits per heavy atom. The van der Waals surface area contributed by atoms with E-state index in [1.807, 2.05) is 0 Å². The molecule has 1 saturated carbocycles. The number of alkyl halides is 2. The van der Waals surface area contributed by atoms with Crippen LogP contribution in [0.25, 0.3) is 0 Å². The van der Waals surface area contributed by atoms with Crippen LogP contribution in [0.3, 0.4) is 0 Å². The second kappa shape index (κ2) is 10.5. The van der Waals surface area contributed by atoms with Crippen LogP contribution in [0.1, 0.15) is 64.2 Å². The number of amides is 3. The molecule has 2 aromatic heterocycles. The summed E-state index contributed by atoms with van der Waals surface area (Å²) < 4.78 is 45.8. The fraction of sp³-hybridized carbons (Fsp3) is 0.393. The summed E-state index contributed by atoms with van der Waals surface area (Å²) in [4.78, 5) is 46.0. The third kappa shape index (κ3) is 4.83. The molecule has 1 saturated heterocycles. The molecule has 214 valence electrons. The Morgan fingerprint density at radius 2 is 1.90 bits per heavy atom. The van der Waals surface area contributed by atoms with Crippen LogP contribution < -0.4 is 10.2 Å². The average molecular weight is 588 g/mol. The lowest BCUT2D eigenvalue weighted by atomic mass is 9.74. The van der Waals surface area contributed by atoms with Crippen molar-refractivity contribution in [3.8, 4) is 0 Å². The van der Waals surface area contributed by atoms with Gasteiger partial charge in [-0.05, 0) is 55.4 Å². The summed E-state index contributed by atoms with van der Waals surface area (Å²) in [5, 5.41) is 6.58. The Hall–Kier alpha value is -3.93. The maximum Gasteiger partial charge on any atom is 0.281 e. The van der Waals surface area contributed by atoms with Crippen molar-refractivity contribution in [1.82, 2.24) is 20.4 Å². The number of carbonyl (C=O) groups is 3. The largest absolute Gasteiger partial charge is 0.364 e. The number of benzene rings is 1. The van der Waals surface area contributed by atoms with Crippen molar-refractivity contribution < 1.29 is 32.1 Å². The highest BCUT2D eigenvalue weighted by Gasteiger charge is 2.59. The van der Waals surface area contributed by atoms with Crippen LogP contribution in [-0.4, -0.2) is 58.4 Å². The third-order valence-electron chi connectivity index (χ3n) is 8.25. The van der Waals surface area contributed by atoms with E-state index in [2.05, 4.69) is 15.5 Å². The van der Waals surface area contributed by atoms with Gasteiger partial charge in [0.15, 0.2) is 5.69 Å². The predicted molar refractivity (Wildman–Crippen MR) is 140 cm³/mol. The van der Waals surface area contributed by atoms with Gasteiger partial charge in [-0.15, -0.1) is 0 Å². The number of hydrogen-bond donors (Lipinski definition) is 1. The molecule has 0 bridgehead atoms. The van der Waals surface area contributed by atoms with Gasteiger partial charge in [-0.1, -0.05) is 22.8 Å². The molecule has 9 nitrogen and oxygen atoms in total. The number of pyridine rings is 1. The number of halogens is 4. The quantitative estimate of drug-likeness (QED) is 0.454. The summed E-state index contributed by atoms with van der Waals surface area (Å²) in [6.45, 7) is 0.678. The van der Waals surface area contributed by atoms with Crippen LogP contribution in [0.15, 0.2) is 47.3 Å². The lowest BCUT2D eigenvalue weighted by Gasteiger charge is -2.46. The summed E-state index contributed by atoms with van der Waals surface area (Å²) in [6.07, 6.45) is 1.96.